The number of nitrogens with zero attached hydrogens (tertiary/aromatic N) is 1. The van der Waals surface area contributed by atoms with E-state index in [-0.39, 0.29) is 30.5 Å². The summed E-state index contributed by atoms with van der Waals surface area (Å²) in [6.45, 7) is 4.32. The number of sulfone groups is 1. The molecule has 1 atom stereocenters. The molecule has 0 aromatic heterocycles. The van der Waals surface area contributed by atoms with Gasteiger partial charge in [-0.2, -0.15) is 0 Å². The van der Waals surface area contributed by atoms with E-state index < -0.39 is 21.7 Å². The number of hydrogen-bond acceptors (Lipinski definition) is 5. The van der Waals surface area contributed by atoms with E-state index in [0.717, 1.165) is 31.3 Å². The summed E-state index contributed by atoms with van der Waals surface area (Å²) in [5, 5.41) is 0. The number of carbonyl (C=O) groups is 2. The number of ether oxygens (including phenoxy) is 1. The summed E-state index contributed by atoms with van der Waals surface area (Å²) in [6.07, 6.45) is 5.23. The largest absolute Gasteiger partial charge is 0.469 e. The predicted octanol–water partition coefficient (Wildman–Crippen LogP) is 1.56. The molecule has 0 bridgehead atoms. The fraction of sp³-hybridized carbons (Fsp3) is 0.750. The van der Waals surface area contributed by atoms with Gasteiger partial charge in [0, 0.05) is 19.2 Å². The van der Waals surface area contributed by atoms with Crippen LogP contribution in [0.25, 0.3) is 0 Å². The van der Waals surface area contributed by atoms with E-state index in [9.17, 15) is 18.0 Å². The minimum absolute atomic E-state index is 0.0900. The molecule has 0 saturated carbocycles. The maximum Gasteiger partial charge on any atom is 0.311 e. The molecule has 7 heteroatoms. The van der Waals surface area contributed by atoms with E-state index in [4.69, 9.17) is 0 Å². The average molecular weight is 345 g/mol. The second-order valence-electron chi connectivity index (χ2n) is 5.92. The van der Waals surface area contributed by atoms with Crippen molar-refractivity contribution in [3.63, 3.8) is 0 Å². The summed E-state index contributed by atoms with van der Waals surface area (Å²) >= 11 is 0. The Balaban J connectivity index is 2.94. The summed E-state index contributed by atoms with van der Waals surface area (Å²) in [5.41, 5.74) is 1.07. The molecular formula is C16H27NO5S. The van der Waals surface area contributed by atoms with Gasteiger partial charge in [0.15, 0.2) is 9.84 Å². The smallest absolute Gasteiger partial charge is 0.311 e. The summed E-state index contributed by atoms with van der Waals surface area (Å²) in [7, 11) is -2.13. The van der Waals surface area contributed by atoms with Crippen LogP contribution >= 0.6 is 0 Å². The van der Waals surface area contributed by atoms with Gasteiger partial charge in [0.05, 0.1) is 24.5 Å². The number of rotatable bonds is 6. The molecule has 1 amide bonds. The first-order valence-electron chi connectivity index (χ1n) is 8.09. The highest BCUT2D eigenvalue weighted by Gasteiger charge is 2.33. The Morgan fingerprint density at radius 1 is 1.22 bits per heavy atom. The zero-order chi connectivity index (χ0) is 17.5. The fourth-order valence-corrected chi connectivity index (χ4v) is 4.26. The second kappa shape index (κ2) is 9.05. The van der Waals surface area contributed by atoms with Crippen LogP contribution < -0.4 is 0 Å². The molecule has 1 aliphatic rings. The third kappa shape index (κ3) is 6.33. The molecular weight excluding hydrogens is 318 g/mol. The summed E-state index contributed by atoms with van der Waals surface area (Å²) in [5.74, 6) is -1.99. The Morgan fingerprint density at radius 3 is 2.35 bits per heavy atom. The number of methoxy groups -OCH3 is 1. The average Bonchev–Trinajstić information content (AvgIpc) is 2.65. The lowest BCUT2D eigenvalue weighted by Crippen LogP contribution is -2.37. The van der Waals surface area contributed by atoms with E-state index in [1.54, 1.807) is 6.08 Å². The molecule has 0 unspecified atom stereocenters. The molecule has 23 heavy (non-hydrogen) atoms. The van der Waals surface area contributed by atoms with Crippen LogP contribution in [-0.4, -0.2) is 56.9 Å². The molecule has 1 rings (SSSR count). The van der Waals surface area contributed by atoms with Gasteiger partial charge < -0.3 is 9.64 Å². The minimum Gasteiger partial charge on any atom is -0.469 e. The standard InChI is InChI=1S/C16H27NO5S/c1-4-6-13(7-5-2)10-15(18)17-8-9-23(20,21)12-14(11-17)16(19)22-3/h10,14H,4-9,11-12H2,1-3H3/t14-/m1/s1. The van der Waals surface area contributed by atoms with E-state index >= 15 is 0 Å². The van der Waals surface area contributed by atoms with Gasteiger partial charge in [-0.25, -0.2) is 8.42 Å². The monoisotopic (exact) mass is 345 g/mol. The minimum atomic E-state index is -3.35. The number of esters is 1. The molecule has 0 N–H and O–H groups in total. The first-order valence-corrected chi connectivity index (χ1v) is 9.91. The normalized spacial score (nSPS) is 20.5. The van der Waals surface area contributed by atoms with Gasteiger partial charge in [-0.05, 0) is 12.8 Å². The molecule has 1 heterocycles. The van der Waals surface area contributed by atoms with Crippen molar-refractivity contribution in [1.29, 1.82) is 0 Å². The van der Waals surface area contributed by atoms with Crippen LogP contribution in [-0.2, 0) is 24.2 Å². The van der Waals surface area contributed by atoms with Crippen LogP contribution in [0, 0.1) is 5.92 Å². The molecule has 1 saturated heterocycles. The molecule has 1 aliphatic heterocycles. The zero-order valence-corrected chi connectivity index (χ0v) is 15.0. The lowest BCUT2D eigenvalue weighted by Gasteiger charge is -2.22. The van der Waals surface area contributed by atoms with Crippen molar-refractivity contribution in [3.8, 4) is 0 Å². The summed E-state index contributed by atoms with van der Waals surface area (Å²) in [4.78, 5) is 25.7. The molecule has 0 aromatic carbocycles. The van der Waals surface area contributed by atoms with Crippen LogP contribution in [0.15, 0.2) is 11.6 Å². The Kier molecular flexibility index (Phi) is 7.75. The van der Waals surface area contributed by atoms with E-state index in [1.165, 1.54) is 12.0 Å². The molecule has 1 fully saturated rings. The van der Waals surface area contributed by atoms with Crippen molar-refractivity contribution in [2.75, 3.05) is 31.7 Å². The Morgan fingerprint density at radius 2 is 1.83 bits per heavy atom. The molecule has 132 valence electrons. The van der Waals surface area contributed by atoms with Crippen LogP contribution in [0.4, 0.5) is 0 Å². The maximum atomic E-state index is 12.5. The highest BCUT2D eigenvalue weighted by molar-refractivity contribution is 7.91. The maximum absolute atomic E-state index is 12.5. The molecule has 6 nitrogen and oxygen atoms in total. The number of carbonyl (C=O) groups excluding carboxylic acids is 2. The summed E-state index contributed by atoms with van der Waals surface area (Å²) < 4.78 is 28.5. The molecule has 0 aromatic rings. The molecule has 0 radical (unpaired) electrons. The van der Waals surface area contributed by atoms with E-state index in [1.807, 2.05) is 0 Å². The second-order valence-corrected chi connectivity index (χ2v) is 8.15. The third-order valence-electron chi connectivity index (χ3n) is 3.88. The zero-order valence-electron chi connectivity index (χ0n) is 14.2. The number of hydrogen-bond donors (Lipinski definition) is 0. The lowest BCUT2D eigenvalue weighted by molar-refractivity contribution is -0.145. The molecule has 0 aliphatic carbocycles. The molecule has 0 spiro atoms. The topological polar surface area (TPSA) is 80.8 Å². The van der Waals surface area contributed by atoms with Crippen LogP contribution in [0.3, 0.4) is 0 Å². The van der Waals surface area contributed by atoms with Gasteiger partial charge in [-0.15, -0.1) is 0 Å². The van der Waals surface area contributed by atoms with Crippen molar-refractivity contribution in [2.45, 2.75) is 39.5 Å². The van der Waals surface area contributed by atoms with Crippen molar-refractivity contribution in [3.05, 3.63) is 11.6 Å². The van der Waals surface area contributed by atoms with E-state index in [0.29, 0.717) is 0 Å². The Hall–Kier alpha value is -1.37. The first kappa shape index (κ1) is 19.7. The number of amides is 1. The van der Waals surface area contributed by atoms with Crippen LogP contribution in [0.2, 0.25) is 0 Å². The van der Waals surface area contributed by atoms with Crippen molar-refractivity contribution in [1.82, 2.24) is 4.90 Å². The van der Waals surface area contributed by atoms with Crippen molar-refractivity contribution >= 4 is 21.7 Å². The summed E-state index contributed by atoms with van der Waals surface area (Å²) in [6, 6.07) is 0. The quantitative estimate of drug-likeness (QED) is 0.539. The van der Waals surface area contributed by atoms with Gasteiger partial charge in [0.2, 0.25) is 5.91 Å². The van der Waals surface area contributed by atoms with Gasteiger partial charge in [-0.3, -0.25) is 9.59 Å². The van der Waals surface area contributed by atoms with Gasteiger partial charge in [-0.1, -0.05) is 32.3 Å². The van der Waals surface area contributed by atoms with E-state index in [2.05, 4.69) is 18.6 Å². The van der Waals surface area contributed by atoms with Crippen LogP contribution in [0.5, 0.6) is 0 Å². The van der Waals surface area contributed by atoms with Gasteiger partial charge >= 0.3 is 5.97 Å². The predicted molar refractivity (Wildman–Crippen MR) is 88.6 cm³/mol. The third-order valence-corrected chi connectivity index (χ3v) is 5.60. The Bertz CT molecular complexity index is 545. The number of allylic oxidation sites excluding steroid dienone is 1. The van der Waals surface area contributed by atoms with Crippen molar-refractivity contribution in [2.24, 2.45) is 5.92 Å². The van der Waals surface area contributed by atoms with Crippen LogP contribution in [0.1, 0.15) is 39.5 Å². The SMILES string of the molecule is CCCC(=CC(=O)N1CCS(=O)(=O)C[C@H](C(=O)OC)C1)CCC. The first-order chi connectivity index (χ1) is 10.8. The highest BCUT2D eigenvalue weighted by atomic mass is 32.2. The van der Waals surface area contributed by atoms with Gasteiger partial charge in [0.25, 0.3) is 0 Å². The van der Waals surface area contributed by atoms with Crippen molar-refractivity contribution < 1.29 is 22.7 Å². The fourth-order valence-electron chi connectivity index (χ4n) is 2.74. The lowest BCUT2D eigenvalue weighted by atomic mass is 10.0. The van der Waals surface area contributed by atoms with Gasteiger partial charge in [0.1, 0.15) is 0 Å². The Labute approximate surface area is 138 Å². The highest BCUT2D eigenvalue weighted by Crippen LogP contribution is 2.16.